The van der Waals surface area contributed by atoms with E-state index in [1.54, 1.807) is 12.1 Å². The van der Waals surface area contributed by atoms with Crippen molar-refractivity contribution in [1.82, 2.24) is 0 Å². The van der Waals surface area contributed by atoms with Gasteiger partial charge in [-0.15, -0.1) is 0 Å². The Morgan fingerprint density at radius 1 is 0.909 bits per heavy atom. The summed E-state index contributed by atoms with van der Waals surface area (Å²) in [5.74, 6) is 0.906. The molecule has 2 rings (SSSR count). The lowest BCUT2D eigenvalue weighted by Crippen LogP contribution is -2.13. The normalized spacial score (nSPS) is 11.1. The van der Waals surface area contributed by atoms with E-state index in [2.05, 4.69) is 4.72 Å². The molecular weight excluding hydrogens is 349 g/mol. The fourth-order valence-corrected chi connectivity index (χ4v) is 3.57. The van der Waals surface area contributed by atoms with E-state index in [9.17, 15) is 8.42 Å². The topological polar surface area (TPSA) is 64.6 Å². The summed E-state index contributed by atoms with van der Waals surface area (Å²) in [5.41, 5.74) is 0.328. The third kappa shape index (κ3) is 3.76. The molecule has 2 aromatic carbocycles. The van der Waals surface area contributed by atoms with E-state index < -0.39 is 10.0 Å². The molecule has 0 amide bonds. The first-order valence-corrected chi connectivity index (χ1v) is 8.30. The molecular formula is C14H13Cl2NO4S. The average Bonchev–Trinajstić information content (AvgIpc) is 2.45. The minimum Gasteiger partial charge on any atom is -0.493 e. The second kappa shape index (κ2) is 6.64. The van der Waals surface area contributed by atoms with Crippen LogP contribution in [0.3, 0.4) is 0 Å². The highest BCUT2D eigenvalue weighted by Gasteiger charge is 2.17. The minimum absolute atomic E-state index is 0.0280. The van der Waals surface area contributed by atoms with Gasteiger partial charge in [0.15, 0.2) is 11.5 Å². The van der Waals surface area contributed by atoms with Crippen molar-refractivity contribution in [2.45, 2.75) is 4.90 Å². The third-order valence-corrected chi connectivity index (χ3v) is 4.58. The maximum absolute atomic E-state index is 12.4. The van der Waals surface area contributed by atoms with Crippen LogP contribution in [0, 0.1) is 0 Å². The maximum Gasteiger partial charge on any atom is 0.261 e. The molecule has 0 bridgehead atoms. The van der Waals surface area contributed by atoms with Gasteiger partial charge in [-0.1, -0.05) is 23.2 Å². The summed E-state index contributed by atoms with van der Waals surface area (Å²) in [4.78, 5) is -0.0280. The Labute approximate surface area is 138 Å². The highest BCUT2D eigenvalue weighted by molar-refractivity contribution is 7.92. The molecule has 1 N–H and O–H groups in total. The van der Waals surface area contributed by atoms with E-state index in [-0.39, 0.29) is 14.9 Å². The first-order valence-electron chi connectivity index (χ1n) is 6.06. The minimum atomic E-state index is -3.82. The Morgan fingerprint density at radius 3 is 2.05 bits per heavy atom. The molecule has 22 heavy (non-hydrogen) atoms. The molecule has 8 heteroatoms. The van der Waals surface area contributed by atoms with Gasteiger partial charge >= 0.3 is 0 Å². The summed E-state index contributed by atoms with van der Waals surface area (Å²) >= 11 is 11.7. The summed E-state index contributed by atoms with van der Waals surface area (Å²) < 4.78 is 37.4. The van der Waals surface area contributed by atoms with Crippen LogP contribution in [0.2, 0.25) is 10.0 Å². The number of nitrogens with one attached hydrogen (secondary N) is 1. The second-order valence-electron chi connectivity index (χ2n) is 4.28. The van der Waals surface area contributed by atoms with Crippen LogP contribution in [-0.4, -0.2) is 22.6 Å². The van der Waals surface area contributed by atoms with Gasteiger partial charge in [0.2, 0.25) is 0 Å². The van der Waals surface area contributed by atoms with Gasteiger partial charge in [0.25, 0.3) is 10.0 Å². The third-order valence-electron chi connectivity index (χ3n) is 2.78. The molecule has 0 aliphatic carbocycles. The first kappa shape index (κ1) is 16.7. The number of hydrogen-bond donors (Lipinski definition) is 1. The van der Waals surface area contributed by atoms with Crippen molar-refractivity contribution in [2.75, 3.05) is 18.9 Å². The van der Waals surface area contributed by atoms with E-state index >= 15 is 0 Å². The standard InChI is InChI=1S/C14H13Cl2NO4S/c1-20-13-4-3-11(8-14(13)21-2)17-22(18,19)12-6-9(15)5-10(16)7-12/h3-8,17H,1-2H3. The van der Waals surface area contributed by atoms with E-state index in [1.807, 2.05) is 0 Å². The van der Waals surface area contributed by atoms with E-state index in [0.717, 1.165) is 0 Å². The number of anilines is 1. The van der Waals surface area contributed by atoms with Crippen LogP contribution < -0.4 is 14.2 Å². The molecule has 0 unspecified atom stereocenters. The predicted molar refractivity (Wildman–Crippen MR) is 86.8 cm³/mol. The smallest absolute Gasteiger partial charge is 0.261 e. The number of hydrogen-bond acceptors (Lipinski definition) is 4. The van der Waals surface area contributed by atoms with Gasteiger partial charge < -0.3 is 9.47 Å². The molecule has 0 heterocycles. The van der Waals surface area contributed by atoms with Crippen LogP contribution in [-0.2, 0) is 10.0 Å². The number of sulfonamides is 1. The zero-order valence-corrected chi connectivity index (χ0v) is 14.1. The summed E-state index contributed by atoms with van der Waals surface area (Å²) in [6.45, 7) is 0. The molecule has 5 nitrogen and oxygen atoms in total. The highest BCUT2D eigenvalue weighted by atomic mass is 35.5. The van der Waals surface area contributed by atoms with Crippen LogP contribution in [0.5, 0.6) is 11.5 Å². The van der Waals surface area contributed by atoms with Gasteiger partial charge in [0.05, 0.1) is 24.8 Å². The van der Waals surface area contributed by atoms with Crippen LogP contribution >= 0.6 is 23.2 Å². The van der Waals surface area contributed by atoms with Gasteiger partial charge in [-0.2, -0.15) is 0 Å². The summed E-state index contributed by atoms with van der Waals surface area (Å²) in [5, 5.41) is 0.473. The summed E-state index contributed by atoms with van der Waals surface area (Å²) in [6, 6.07) is 8.76. The van der Waals surface area contributed by atoms with Crippen molar-refractivity contribution in [2.24, 2.45) is 0 Å². The predicted octanol–water partition coefficient (Wildman–Crippen LogP) is 3.81. The van der Waals surface area contributed by atoms with Crippen molar-refractivity contribution in [3.05, 3.63) is 46.4 Å². The Kier molecular flexibility index (Phi) is 5.05. The lowest BCUT2D eigenvalue weighted by atomic mass is 10.3. The lowest BCUT2D eigenvalue weighted by molar-refractivity contribution is 0.355. The van der Waals surface area contributed by atoms with Crippen molar-refractivity contribution < 1.29 is 17.9 Å². The summed E-state index contributed by atoms with van der Waals surface area (Å²) in [6.07, 6.45) is 0. The number of ether oxygens (including phenoxy) is 2. The fraction of sp³-hybridized carbons (Fsp3) is 0.143. The zero-order chi connectivity index (χ0) is 16.3. The lowest BCUT2D eigenvalue weighted by Gasteiger charge is -2.12. The monoisotopic (exact) mass is 361 g/mol. The van der Waals surface area contributed by atoms with Gasteiger partial charge in [-0.05, 0) is 30.3 Å². The number of halogens is 2. The van der Waals surface area contributed by atoms with Crippen molar-refractivity contribution in [3.63, 3.8) is 0 Å². The van der Waals surface area contributed by atoms with Crippen molar-refractivity contribution in [3.8, 4) is 11.5 Å². The molecule has 2 aromatic rings. The first-order chi connectivity index (χ1) is 10.4. The molecule has 0 aromatic heterocycles. The molecule has 118 valence electrons. The molecule has 0 aliphatic rings. The Morgan fingerprint density at radius 2 is 1.50 bits per heavy atom. The van der Waals surface area contributed by atoms with E-state index in [4.69, 9.17) is 32.7 Å². The van der Waals surface area contributed by atoms with Gasteiger partial charge in [0, 0.05) is 16.1 Å². The molecule has 0 saturated carbocycles. The van der Waals surface area contributed by atoms with Crippen LogP contribution in [0.25, 0.3) is 0 Å². The van der Waals surface area contributed by atoms with Gasteiger partial charge in [-0.3, -0.25) is 4.72 Å². The van der Waals surface area contributed by atoms with Gasteiger partial charge in [-0.25, -0.2) is 8.42 Å². The number of methoxy groups -OCH3 is 2. The second-order valence-corrected chi connectivity index (χ2v) is 6.84. The van der Waals surface area contributed by atoms with E-state index in [1.165, 1.54) is 38.5 Å². The van der Waals surface area contributed by atoms with Crippen LogP contribution in [0.4, 0.5) is 5.69 Å². The Hall–Kier alpha value is -1.63. The SMILES string of the molecule is COc1ccc(NS(=O)(=O)c2cc(Cl)cc(Cl)c2)cc1OC. The number of benzene rings is 2. The Bertz CT molecular complexity index is 773. The molecule has 0 spiro atoms. The van der Waals surface area contributed by atoms with E-state index in [0.29, 0.717) is 17.2 Å². The molecule has 0 fully saturated rings. The molecule has 0 atom stereocenters. The highest BCUT2D eigenvalue weighted by Crippen LogP contribution is 2.31. The largest absolute Gasteiger partial charge is 0.493 e. The quantitative estimate of drug-likeness (QED) is 0.879. The van der Waals surface area contributed by atoms with Crippen molar-refractivity contribution >= 4 is 38.9 Å². The van der Waals surface area contributed by atoms with Crippen LogP contribution in [0.1, 0.15) is 0 Å². The Balaban J connectivity index is 2.36. The molecule has 0 saturated heterocycles. The van der Waals surface area contributed by atoms with Crippen LogP contribution in [0.15, 0.2) is 41.3 Å². The zero-order valence-electron chi connectivity index (χ0n) is 11.8. The summed E-state index contributed by atoms with van der Waals surface area (Å²) in [7, 11) is -0.857. The molecule has 0 radical (unpaired) electrons. The average molecular weight is 362 g/mol. The van der Waals surface area contributed by atoms with Gasteiger partial charge in [0.1, 0.15) is 0 Å². The number of rotatable bonds is 5. The van der Waals surface area contributed by atoms with Crippen molar-refractivity contribution in [1.29, 1.82) is 0 Å². The molecule has 0 aliphatic heterocycles. The maximum atomic E-state index is 12.4. The fourth-order valence-electron chi connectivity index (χ4n) is 1.80.